The van der Waals surface area contributed by atoms with Crippen LogP contribution in [0.15, 0.2) is 36.0 Å². The molecule has 126 valence electrons. The zero-order valence-corrected chi connectivity index (χ0v) is 14.4. The minimum atomic E-state index is -0.639. The van der Waals surface area contributed by atoms with Gasteiger partial charge in [-0.15, -0.1) is 0 Å². The number of aromatic nitrogens is 1. The standard InChI is InChI=1S/C19H22N2O3/c1-11(2)8-16-14-6-5-7-15-18(14)13(10-20-15)9-17(19(23)24-4)21(16)12(3)22/h5-8,10,16-17,20H,9H2,1-4H3/t16-,17+/m1/s1. The van der Waals surface area contributed by atoms with Gasteiger partial charge in [-0.25, -0.2) is 4.79 Å². The van der Waals surface area contributed by atoms with E-state index >= 15 is 0 Å². The largest absolute Gasteiger partial charge is 0.467 e. The quantitative estimate of drug-likeness (QED) is 0.681. The van der Waals surface area contributed by atoms with Crippen molar-refractivity contribution < 1.29 is 14.3 Å². The van der Waals surface area contributed by atoms with E-state index in [2.05, 4.69) is 4.98 Å². The summed E-state index contributed by atoms with van der Waals surface area (Å²) >= 11 is 0. The van der Waals surface area contributed by atoms with E-state index < -0.39 is 6.04 Å². The van der Waals surface area contributed by atoms with Crippen molar-refractivity contribution in [2.24, 2.45) is 0 Å². The van der Waals surface area contributed by atoms with Crippen molar-refractivity contribution in [2.45, 2.75) is 39.3 Å². The Balaban J connectivity index is 2.29. The van der Waals surface area contributed by atoms with Gasteiger partial charge in [0.05, 0.1) is 13.2 Å². The number of aromatic amines is 1. The van der Waals surface area contributed by atoms with Crippen LogP contribution in [0.1, 0.15) is 37.9 Å². The van der Waals surface area contributed by atoms with Gasteiger partial charge in [0, 0.05) is 30.4 Å². The highest BCUT2D eigenvalue weighted by Gasteiger charge is 2.38. The molecule has 5 heteroatoms. The molecule has 0 bridgehead atoms. The molecule has 24 heavy (non-hydrogen) atoms. The maximum atomic E-state index is 12.4. The van der Waals surface area contributed by atoms with Crippen molar-refractivity contribution in [1.82, 2.24) is 9.88 Å². The Bertz CT molecular complexity index is 830. The molecule has 0 fully saturated rings. The second kappa shape index (κ2) is 6.15. The monoisotopic (exact) mass is 326 g/mol. The normalized spacial score (nSPS) is 19.8. The smallest absolute Gasteiger partial charge is 0.328 e. The number of esters is 1. The maximum Gasteiger partial charge on any atom is 0.328 e. The number of methoxy groups -OCH3 is 1. The molecule has 0 unspecified atom stereocenters. The van der Waals surface area contributed by atoms with E-state index in [9.17, 15) is 9.59 Å². The Morgan fingerprint density at radius 2 is 2.04 bits per heavy atom. The third-order valence-electron chi connectivity index (χ3n) is 4.52. The summed E-state index contributed by atoms with van der Waals surface area (Å²) in [5, 5.41) is 1.10. The lowest BCUT2D eigenvalue weighted by Crippen LogP contribution is -2.46. The highest BCUT2D eigenvalue weighted by Crippen LogP contribution is 2.38. The fraction of sp³-hybridized carbons (Fsp3) is 0.368. The lowest BCUT2D eigenvalue weighted by atomic mass is 9.98. The molecule has 1 amide bonds. The van der Waals surface area contributed by atoms with Crippen molar-refractivity contribution in [3.63, 3.8) is 0 Å². The first kappa shape index (κ1) is 16.3. The van der Waals surface area contributed by atoms with E-state index in [1.165, 1.54) is 14.0 Å². The van der Waals surface area contributed by atoms with Crippen LogP contribution in [0, 0.1) is 0 Å². The molecule has 2 atom stereocenters. The lowest BCUT2D eigenvalue weighted by molar-refractivity contribution is -0.153. The van der Waals surface area contributed by atoms with E-state index in [-0.39, 0.29) is 17.9 Å². The average Bonchev–Trinajstić information content (AvgIpc) is 2.88. The highest BCUT2D eigenvalue weighted by atomic mass is 16.5. The van der Waals surface area contributed by atoms with Crippen LogP contribution in [0.25, 0.3) is 10.9 Å². The molecule has 1 aromatic carbocycles. The SMILES string of the molecule is COC(=O)[C@@H]1Cc2c[nH]c3cccc(c23)[C@@H](C=C(C)C)N1C(C)=O. The Morgan fingerprint density at radius 1 is 1.29 bits per heavy atom. The van der Waals surface area contributed by atoms with Gasteiger partial charge in [0.15, 0.2) is 0 Å². The molecule has 2 aromatic rings. The summed E-state index contributed by atoms with van der Waals surface area (Å²) in [6, 6.07) is 5.08. The van der Waals surface area contributed by atoms with Gasteiger partial charge in [-0.2, -0.15) is 0 Å². The minimum absolute atomic E-state index is 0.140. The molecule has 0 radical (unpaired) electrons. The highest BCUT2D eigenvalue weighted by molar-refractivity contribution is 5.92. The summed E-state index contributed by atoms with van der Waals surface area (Å²) in [4.78, 5) is 29.8. The zero-order valence-electron chi connectivity index (χ0n) is 14.4. The van der Waals surface area contributed by atoms with Crippen molar-refractivity contribution >= 4 is 22.8 Å². The van der Waals surface area contributed by atoms with Gasteiger partial charge in [-0.1, -0.05) is 23.8 Å². The van der Waals surface area contributed by atoms with Gasteiger partial charge in [-0.05, 0) is 31.0 Å². The number of nitrogens with zero attached hydrogens (tertiary/aromatic N) is 1. The van der Waals surface area contributed by atoms with Crippen LogP contribution >= 0.6 is 0 Å². The summed E-state index contributed by atoms with van der Waals surface area (Å²) in [5.41, 5.74) is 4.17. The van der Waals surface area contributed by atoms with Crippen LogP contribution in [0.3, 0.4) is 0 Å². The number of nitrogens with one attached hydrogen (secondary N) is 1. The molecule has 1 aromatic heterocycles. The molecular weight excluding hydrogens is 304 g/mol. The fourth-order valence-corrected chi connectivity index (χ4v) is 3.58. The minimum Gasteiger partial charge on any atom is -0.467 e. The fourth-order valence-electron chi connectivity index (χ4n) is 3.58. The first-order valence-electron chi connectivity index (χ1n) is 8.04. The van der Waals surface area contributed by atoms with Crippen LogP contribution in [0.2, 0.25) is 0 Å². The van der Waals surface area contributed by atoms with Crippen molar-refractivity contribution in [1.29, 1.82) is 0 Å². The molecule has 3 rings (SSSR count). The first-order chi connectivity index (χ1) is 11.4. The van der Waals surface area contributed by atoms with E-state index in [1.807, 2.05) is 44.3 Å². The molecule has 2 heterocycles. The zero-order chi connectivity index (χ0) is 17.4. The van der Waals surface area contributed by atoms with Gasteiger partial charge in [0.25, 0.3) is 0 Å². The molecule has 5 nitrogen and oxygen atoms in total. The Hall–Kier alpha value is -2.56. The second-order valence-corrected chi connectivity index (χ2v) is 6.44. The van der Waals surface area contributed by atoms with Crippen LogP contribution in [0.5, 0.6) is 0 Å². The van der Waals surface area contributed by atoms with E-state index in [1.54, 1.807) is 4.90 Å². The van der Waals surface area contributed by atoms with Gasteiger partial charge in [0.1, 0.15) is 6.04 Å². The number of carbonyl (C=O) groups is 2. The third kappa shape index (κ3) is 2.60. The summed E-state index contributed by atoms with van der Waals surface area (Å²) < 4.78 is 4.99. The predicted octanol–water partition coefficient (Wildman–Crippen LogP) is 3.12. The number of benzene rings is 1. The molecule has 0 saturated carbocycles. The molecule has 1 aliphatic heterocycles. The van der Waals surface area contributed by atoms with E-state index in [0.29, 0.717) is 6.42 Å². The summed E-state index contributed by atoms with van der Waals surface area (Å²) in [7, 11) is 1.36. The average molecular weight is 326 g/mol. The Labute approximate surface area is 141 Å². The number of hydrogen-bond acceptors (Lipinski definition) is 3. The predicted molar refractivity (Wildman–Crippen MR) is 92.5 cm³/mol. The molecule has 1 N–H and O–H groups in total. The van der Waals surface area contributed by atoms with Crippen LogP contribution in [0.4, 0.5) is 0 Å². The summed E-state index contributed by atoms with van der Waals surface area (Å²) in [6.07, 6.45) is 4.40. The lowest BCUT2D eigenvalue weighted by Gasteiger charge is -2.33. The molecular formula is C19H22N2O3. The number of carbonyl (C=O) groups excluding carboxylic acids is 2. The number of amides is 1. The Kier molecular flexibility index (Phi) is 4.18. The van der Waals surface area contributed by atoms with Gasteiger partial charge in [-0.3, -0.25) is 4.79 Å². The molecule has 1 aliphatic rings. The van der Waals surface area contributed by atoms with Crippen LogP contribution in [-0.2, 0) is 20.7 Å². The van der Waals surface area contributed by atoms with Gasteiger partial charge in [0.2, 0.25) is 5.91 Å². The van der Waals surface area contributed by atoms with Crippen LogP contribution < -0.4 is 0 Å². The molecule has 0 spiro atoms. The van der Waals surface area contributed by atoms with Crippen molar-refractivity contribution in [3.05, 3.63) is 47.2 Å². The molecule has 0 aliphatic carbocycles. The van der Waals surface area contributed by atoms with Crippen molar-refractivity contribution in [2.75, 3.05) is 7.11 Å². The number of allylic oxidation sites excluding steroid dienone is 1. The topological polar surface area (TPSA) is 62.4 Å². The summed E-state index contributed by atoms with van der Waals surface area (Å²) in [5.74, 6) is -0.529. The van der Waals surface area contributed by atoms with E-state index in [0.717, 1.165) is 27.6 Å². The number of rotatable bonds is 2. The molecule has 0 saturated heterocycles. The Morgan fingerprint density at radius 3 is 2.67 bits per heavy atom. The van der Waals surface area contributed by atoms with Crippen LogP contribution in [-0.4, -0.2) is 34.9 Å². The number of ether oxygens (including phenoxy) is 1. The third-order valence-corrected chi connectivity index (χ3v) is 4.52. The number of H-pyrrole nitrogens is 1. The second-order valence-electron chi connectivity index (χ2n) is 6.44. The van der Waals surface area contributed by atoms with Gasteiger partial charge < -0.3 is 14.6 Å². The van der Waals surface area contributed by atoms with Crippen molar-refractivity contribution in [3.8, 4) is 0 Å². The number of hydrogen-bond donors (Lipinski definition) is 1. The van der Waals surface area contributed by atoms with E-state index in [4.69, 9.17) is 4.74 Å². The maximum absolute atomic E-state index is 12.4. The van der Waals surface area contributed by atoms with Gasteiger partial charge >= 0.3 is 5.97 Å². The first-order valence-corrected chi connectivity index (χ1v) is 8.04. The summed E-state index contributed by atoms with van der Waals surface area (Å²) in [6.45, 7) is 5.49.